The van der Waals surface area contributed by atoms with Crippen LogP contribution >= 0.6 is 0 Å². The van der Waals surface area contributed by atoms with Gasteiger partial charge in [0.2, 0.25) is 0 Å². The molecule has 0 fully saturated rings. The smallest absolute Gasteiger partial charge is 0.177 e. The van der Waals surface area contributed by atoms with E-state index >= 15 is 0 Å². The molecule has 0 unspecified atom stereocenters. The average molecular weight is 319 g/mol. The Morgan fingerprint density at radius 3 is 2.68 bits per heavy atom. The first kappa shape index (κ1) is 16.1. The standard InChI is InChI=1S/C15H17N3O3S/c19-22(20,21)11-5-10-18-9-4-6-14(13-18)12-16-17-15-7-2-1-3-8-15/h1-4,6-9,12-13,17H,5,10-11H2/b16-12+. The maximum absolute atomic E-state index is 10.6. The molecule has 2 rings (SSSR count). The van der Waals surface area contributed by atoms with Gasteiger partial charge in [-0.05, 0) is 18.2 Å². The third kappa shape index (κ3) is 6.02. The number of hydrazone groups is 1. The second-order valence-electron chi connectivity index (χ2n) is 4.73. The molecule has 0 saturated carbocycles. The second kappa shape index (κ2) is 7.67. The molecule has 6 nitrogen and oxygen atoms in total. The van der Waals surface area contributed by atoms with Crippen molar-refractivity contribution in [3.05, 3.63) is 60.4 Å². The van der Waals surface area contributed by atoms with E-state index in [1.807, 2.05) is 59.4 Å². The number of hydrogen-bond acceptors (Lipinski definition) is 5. The van der Waals surface area contributed by atoms with Crippen molar-refractivity contribution in [2.45, 2.75) is 13.0 Å². The number of pyridine rings is 1. The SMILES string of the molecule is O=S(=O)([O-])CCC[n+]1cccc(/C=N/Nc2ccccc2)c1. The van der Waals surface area contributed by atoms with E-state index in [0.29, 0.717) is 13.0 Å². The van der Waals surface area contributed by atoms with Gasteiger partial charge in [-0.2, -0.15) is 5.10 Å². The normalized spacial score (nSPS) is 11.7. The van der Waals surface area contributed by atoms with Crippen LogP contribution in [0.4, 0.5) is 5.69 Å². The molecule has 1 N–H and O–H groups in total. The first-order valence-electron chi connectivity index (χ1n) is 6.80. The molecular formula is C15H17N3O3S. The number of rotatable bonds is 7. The molecule has 22 heavy (non-hydrogen) atoms. The largest absolute Gasteiger partial charge is 0.748 e. The van der Waals surface area contributed by atoms with Crippen molar-refractivity contribution in [2.75, 3.05) is 11.2 Å². The van der Waals surface area contributed by atoms with Gasteiger partial charge in [-0.15, -0.1) is 0 Å². The number of para-hydroxylation sites is 1. The van der Waals surface area contributed by atoms with Gasteiger partial charge in [0.05, 0.1) is 27.6 Å². The summed E-state index contributed by atoms with van der Waals surface area (Å²) in [6, 6.07) is 13.3. The van der Waals surface area contributed by atoms with Crippen LogP contribution in [0.5, 0.6) is 0 Å². The summed E-state index contributed by atoms with van der Waals surface area (Å²) in [6.07, 6.45) is 5.63. The Kier molecular flexibility index (Phi) is 5.62. The molecular weight excluding hydrogens is 302 g/mol. The summed E-state index contributed by atoms with van der Waals surface area (Å²) in [6.45, 7) is 0.468. The Balaban J connectivity index is 1.91. The number of nitrogens with one attached hydrogen (secondary N) is 1. The third-order valence-corrected chi connectivity index (χ3v) is 3.66. The lowest BCUT2D eigenvalue weighted by molar-refractivity contribution is -0.696. The number of nitrogens with zero attached hydrogens (tertiary/aromatic N) is 2. The fourth-order valence-corrected chi connectivity index (χ4v) is 2.36. The first-order chi connectivity index (χ1) is 10.5. The van der Waals surface area contributed by atoms with Crippen molar-refractivity contribution in [3.63, 3.8) is 0 Å². The monoisotopic (exact) mass is 319 g/mol. The van der Waals surface area contributed by atoms with Gasteiger partial charge in [0.25, 0.3) is 0 Å². The minimum Gasteiger partial charge on any atom is -0.748 e. The van der Waals surface area contributed by atoms with E-state index in [1.165, 1.54) is 0 Å². The van der Waals surface area contributed by atoms with E-state index in [9.17, 15) is 13.0 Å². The molecule has 7 heteroatoms. The zero-order valence-corrected chi connectivity index (χ0v) is 12.7. The van der Waals surface area contributed by atoms with Crippen molar-refractivity contribution in [1.82, 2.24) is 0 Å². The molecule has 2 aromatic rings. The van der Waals surface area contributed by atoms with Gasteiger partial charge >= 0.3 is 0 Å². The summed E-state index contributed by atoms with van der Waals surface area (Å²) in [7, 11) is -4.15. The lowest BCUT2D eigenvalue weighted by Gasteiger charge is -2.04. The minimum absolute atomic E-state index is 0.291. The quantitative estimate of drug-likeness (QED) is 0.361. The van der Waals surface area contributed by atoms with E-state index < -0.39 is 10.1 Å². The van der Waals surface area contributed by atoms with Crippen LogP contribution in [0.1, 0.15) is 12.0 Å². The molecule has 0 radical (unpaired) electrons. The van der Waals surface area contributed by atoms with Crippen LogP contribution in [0, 0.1) is 0 Å². The fraction of sp³-hybridized carbons (Fsp3) is 0.200. The summed E-state index contributed by atoms with van der Waals surface area (Å²) in [4.78, 5) is 0. The van der Waals surface area contributed by atoms with Crippen LogP contribution < -0.4 is 9.99 Å². The Bertz CT molecular complexity index is 731. The highest BCUT2D eigenvalue weighted by Crippen LogP contribution is 2.04. The molecule has 1 heterocycles. The highest BCUT2D eigenvalue weighted by Gasteiger charge is 2.03. The maximum atomic E-state index is 10.6. The Morgan fingerprint density at radius 1 is 1.18 bits per heavy atom. The molecule has 0 spiro atoms. The lowest BCUT2D eigenvalue weighted by atomic mass is 10.3. The summed E-state index contributed by atoms with van der Waals surface area (Å²) >= 11 is 0. The van der Waals surface area contributed by atoms with Crippen molar-refractivity contribution >= 4 is 22.0 Å². The van der Waals surface area contributed by atoms with Crippen LogP contribution in [-0.2, 0) is 16.7 Å². The first-order valence-corrected chi connectivity index (χ1v) is 8.37. The van der Waals surface area contributed by atoms with Crippen LogP contribution in [0.3, 0.4) is 0 Å². The molecule has 116 valence electrons. The van der Waals surface area contributed by atoms with Crippen molar-refractivity contribution in [2.24, 2.45) is 5.10 Å². The molecule has 1 aromatic heterocycles. The highest BCUT2D eigenvalue weighted by molar-refractivity contribution is 7.85. The molecule has 0 atom stereocenters. The predicted octanol–water partition coefficient (Wildman–Crippen LogP) is 1.36. The maximum Gasteiger partial charge on any atom is 0.177 e. The molecule has 1 aromatic carbocycles. The molecule has 0 saturated heterocycles. The van der Waals surface area contributed by atoms with Gasteiger partial charge in [0, 0.05) is 18.2 Å². The number of aromatic nitrogens is 1. The van der Waals surface area contributed by atoms with Crippen molar-refractivity contribution < 1.29 is 17.5 Å². The molecule has 0 aliphatic rings. The topological polar surface area (TPSA) is 85.5 Å². The summed E-state index contributed by atoms with van der Waals surface area (Å²) in [5, 5.41) is 4.14. The van der Waals surface area contributed by atoms with E-state index in [1.54, 1.807) is 6.21 Å². The Labute approximate surface area is 129 Å². The Hall–Kier alpha value is -2.25. The van der Waals surface area contributed by atoms with E-state index in [4.69, 9.17) is 0 Å². The van der Waals surface area contributed by atoms with Crippen LogP contribution in [0.2, 0.25) is 0 Å². The van der Waals surface area contributed by atoms with Gasteiger partial charge in [-0.3, -0.25) is 5.43 Å². The Morgan fingerprint density at radius 2 is 1.95 bits per heavy atom. The molecule has 0 aliphatic carbocycles. The summed E-state index contributed by atoms with van der Waals surface area (Å²) in [5.41, 5.74) is 4.68. The molecule has 0 amide bonds. The predicted molar refractivity (Wildman–Crippen MR) is 83.5 cm³/mol. The highest BCUT2D eigenvalue weighted by atomic mass is 32.2. The second-order valence-corrected chi connectivity index (χ2v) is 6.25. The van der Waals surface area contributed by atoms with Gasteiger partial charge in [-0.25, -0.2) is 13.0 Å². The fourth-order valence-electron chi connectivity index (χ4n) is 1.88. The van der Waals surface area contributed by atoms with Crippen LogP contribution in [0.25, 0.3) is 0 Å². The van der Waals surface area contributed by atoms with Crippen LogP contribution in [0.15, 0.2) is 60.0 Å². The summed E-state index contributed by atoms with van der Waals surface area (Å²) < 4.78 is 33.5. The van der Waals surface area contributed by atoms with Gasteiger partial charge in [-0.1, -0.05) is 18.2 Å². The average Bonchev–Trinajstić information content (AvgIpc) is 2.47. The van der Waals surface area contributed by atoms with Crippen LogP contribution in [-0.4, -0.2) is 24.9 Å². The van der Waals surface area contributed by atoms with E-state index in [0.717, 1.165) is 11.3 Å². The number of hydrogen-bond donors (Lipinski definition) is 1. The van der Waals surface area contributed by atoms with Crippen molar-refractivity contribution in [1.29, 1.82) is 0 Å². The number of benzene rings is 1. The van der Waals surface area contributed by atoms with Gasteiger partial charge in [0.1, 0.15) is 6.54 Å². The van der Waals surface area contributed by atoms with E-state index in [2.05, 4.69) is 10.5 Å². The zero-order chi connectivity index (χ0) is 15.8. The summed E-state index contributed by atoms with van der Waals surface area (Å²) in [5.74, 6) is -0.353. The van der Waals surface area contributed by atoms with Gasteiger partial charge in [0.15, 0.2) is 12.4 Å². The number of anilines is 1. The lowest BCUT2D eigenvalue weighted by Crippen LogP contribution is -2.34. The zero-order valence-electron chi connectivity index (χ0n) is 11.9. The molecule has 0 aliphatic heterocycles. The van der Waals surface area contributed by atoms with Gasteiger partial charge < -0.3 is 4.55 Å². The third-order valence-electron chi connectivity index (χ3n) is 2.87. The minimum atomic E-state index is -4.15. The van der Waals surface area contributed by atoms with E-state index in [-0.39, 0.29) is 5.75 Å². The van der Waals surface area contributed by atoms with Crippen molar-refractivity contribution in [3.8, 4) is 0 Å². The number of aryl methyl sites for hydroxylation is 1. The molecule has 0 bridgehead atoms.